The van der Waals surface area contributed by atoms with E-state index in [1.165, 1.54) is 4.31 Å². The Hall–Kier alpha value is -0.910. The molecule has 5 heteroatoms. The van der Waals surface area contributed by atoms with Crippen molar-refractivity contribution in [2.45, 2.75) is 31.1 Å². The number of piperidine rings is 1. The third kappa shape index (κ3) is 3.59. The molecule has 0 radical (unpaired) electrons. The van der Waals surface area contributed by atoms with E-state index in [0.29, 0.717) is 17.4 Å². The summed E-state index contributed by atoms with van der Waals surface area (Å²) in [4.78, 5) is 0.395. The highest BCUT2D eigenvalue weighted by molar-refractivity contribution is 7.89. The third-order valence-corrected chi connectivity index (χ3v) is 5.85. The average molecular weight is 296 g/mol. The molecule has 0 amide bonds. The van der Waals surface area contributed by atoms with Crippen LogP contribution >= 0.6 is 0 Å². The van der Waals surface area contributed by atoms with E-state index in [0.717, 1.165) is 37.9 Å². The van der Waals surface area contributed by atoms with Crippen LogP contribution in [0.2, 0.25) is 0 Å². The van der Waals surface area contributed by atoms with Crippen LogP contribution in [0.15, 0.2) is 29.2 Å². The van der Waals surface area contributed by atoms with Crippen molar-refractivity contribution < 1.29 is 8.42 Å². The molecule has 1 aromatic carbocycles. The van der Waals surface area contributed by atoms with Crippen molar-refractivity contribution in [1.82, 2.24) is 9.62 Å². The number of hydrogen-bond donors (Lipinski definition) is 1. The summed E-state index contributed by atoms with van der Waals surface area (Å²) < 4.78 is 26.5. The number of benzene rings is 1. The predicted molar refractivity (Wildman–Crippen MR) is 81.2 cm³/mol. The SMILES string of the molecule is CCc1ccc(S(=O)(=O)N(C)CC2CCNCC2)cc1. The summed E-state index contributed by atoms with van der Waals surface area (Å²) in [6.45, 7) is 4.65. The van der Waals surface area contributed by atoms with Crippen LogP contribution < -0.4 is 5.32 Å². The van der Waals surface area contributed by atoms with Crippen molar-refractivity contribution in [2.24, 2.45) is 5.92 Å². The van der Waals surface area contributed by atoms with Crippen molar-refractivity contribution in [2.75, 3.05) is 26.7 Å². The molecule has 1 aliphatic heterocycles. The molecule has 112 valence electrons. The number of hydrogen-bond acceptors (Lipinski definition) is 3. The van der Waals surface area contributed by atoms with Gasteiger partial charge in [-0.1, -0.05) is 19.1 Å². The first kappa shape index (κ1) is 15.5. The molecule has 4 nitrogen and oxygen atoms in total. The van der Waals surface area contributed by atoms with Gasteiger partial charge in [-0.25, -0.2) is 12.7 Å². The molecule has 0 atom stereocenters. The Balaban J connectivity index is 2.07. The lowest BCUT2D eigenvalue weighted by Gasteiger charge is -2.27. The average Bonchev–Trinajstić information content (AvgIpc) is 2.48. The molecule has 0 spiro atoms. The highest BCUT2D eigenvalue weighted by Gasteiger charge is 2.24. The molecule has 0 unspecified atom stereocenters. The maximum atomic E-state index is 12.5. The molecule has 2 rings (SSSR count). The topological polar surface area (TPSA) is 49.4 Å². The molecular weight excluding hydrogens is 272 g/mol. The quantitative estimate of drug-likeness (QED) is 0.902. The molecular formula is C15H24N2O2S. The highest BCUT2D eigenvalue weighted by atomic mass is 32.2. The van der Waals surface area contributed by atoms with Gasteiger partial charge in [0, 0.05) is 13.6 Å². The van der Waals surface area contributed by atoms with E-state index in [1.807, 2.05) is 12.1 Å². The summed E-state index contributed by atoms with van der Waals surface area (Å²) in [5.41, 5.74) is 1.16. The standard InChI is InChI=1S/C15H24N2O2S/c1-3-13-4-6-15(7-5-13)20(18,19)17(2)12-14-8-10-16-11-9-14/h4-7,14,16H,3,8-12H2,1-2H3. The van der Waals surface area contributed by atoms with Crippen LogP contribution in [0.5, 0.6) is 0 Å². The van der Waals surface area contributed by atoms with Crippen LogP contribution in [0.25, 0.3) is 0 Å². The zero-order chi connectivity index (χ0) is 14.6. The summed E-state index contributed by atoms with van der Waals surface area (Å²) >= 11 is 0. The van der Waals surface area contributed by atoms with Crippen LogP contribution in [0.1, 0.15) is 25.3 Å². The number of rotatable bonds is 5. The first-order valence-corrected chi connectivity index (χ1v) is 8.74. The van der Waals surface area contributed by atoms with Gasteiger partial charge < -0.3 is 5.32 Å². The largest absolute Gasteiger partial charge is 0.317 e. The van der Waals surface area contributed by atoms with E-state index < -0.39 is 10.0 Å². The normalized spacial score (nSPS) is 17.6. The summed E-state index contributed by atoms with van der Waals surface area (Å²) in [5.74, 6) is 0.464. The summed E-state index contributed by atoms with van der Waals surface area (Å²) in [5, 5.41) is 3.30. The molecule has 0 aliphatic carbocycles. The third-order valence-electron chi connectivity index (χ3n) is 4.01. The molecule has 20 heavy (non-hydrogen) atoms. The lowest BCUT2D eigenvalue weighted by Crippen LogP contribution is -2.37. The van der Waals surface area contributed by atoms with Gasteiger partial charge in [0.05, 0.1) is 4.90 Å². The molecule has 0 bridgehead atoms. The fourth-order valence-electron chi connectivity index (χ4n) is 2.60. The van der Waals surface area contributed by atoms with E-state index in [9.17, 15) is 8.42 Å². The molecule has 0 aromatic heterocycles. The molecule has 0 saturated carbocycles. The minimum atomic E-state index is -3.35. The Labute approximate surface area is 122 Å². The highest BCUT2D eigenvalue weighted by Crippen LogP contribution is 2.19. The number of aryl methyl sites for hydroxylation is 1. The fourth-order valence-corrected chi connectivity index (χ4v) is 3.85. The molecule has 1 fully saturated rings. The van der Waals surface area contributed by atoms with Gasteiger partial charge in [0.1, 0.15) is 0 Å². The maximum absolute atomic E-state index is 12.5. The fraction of sp³-hybridized carbons (Fsp3) is 0.600. The smallest absolute Gasteiger partial charge is 0.242 e. The van der Waals surface area contributed by atoms with E-state index in [2.05, 4.69) is 12.2 Å². The Bertz CT molecular complexity index is 519. The minimum Gasteiger partial charge on any atom is -0.317 e. The van der Waals surface area contributed by atoms with Gasteiger partial charge in [0.15, 0.2) is 0 Å². The lowest BCUT2D eigenvalue weighted by molar-refractivity contribution is 0.311. The predicted octanol–water partition coefficient (Wildman–Crippen LogP) is 1.87. The number of nitrogens with one attached hydrogen (secondary N) is 1. The first-order valence-electron chi connectivity index (χ1n) is 7.30. The second kappa shape index (κ2) is 6.70. The first-order chi connectivity index (χ1) is 9.54. The lowest BCUT2D eigenvalue weighted by atomic mass is 9.98. The molecule has 1 aliphatic rings. The second-order valence-electron chi connectivity index (χ2n) is 5.48. The van der Waals surface area contributed by atoms with Gasteiger partial charge in [-0.2, -0.15) is 0 Å². The summed E-state index contributed by atoms with van der Waals surface area (Å²) in [7, 11) is -1.66. The van der Waals surface area contributed by atoms with Crippen LogP contribution in [0, 0.1) is 5.92 Å². The van der Waals surface area contributed by atoms with Crippen LogP contribution in [-0.2, 0) is 16.4 Å². The number of sulfonamides is 1. The van der Waals surface area contributed by atoms with Gasteiger partial charge in [-0.3, -0.25) is 0 Å². The van der Waals surface area contributed by atoms with E-state index in [4.69, 9.17) is 0 Å². The molecule has 1 saturated heterocycles. The van der Waals surface area contributed by atoms with Crippen LogP contribution in [0.4, 0.5) is 0 Å². The van der Waals surface area contributed by atoms with Crippen LogP contribution in [0.3, 0.4) is 0 Å². The van der Waals surface area contributed by atoms with Crippen molar-refractivity contribution in [3.63, 3.8) is 0 Å². The van der Waals surface area contributed by atoms with Gasteiger partial charge >= 0.3 is 0 Å². The van der Waals surface area contributed by atoms with Crippen molar-refractivity contribution >= 4 is 10.0 Å². The summed E-state index contributed by atoms with van der Waals surface area (Å²) in [6, 6.07) is 7.22. The minimum absolute atomic E-state index is 0.395. The van der Waals surface area contributed by atoms with E-state index in [1.54, 1.807) is 19.2 Å². The van der Waals surface area contributed by atoms with Gasteiger partial charge in [0.2, 0.25) is 10.0 Å². The Morgan fingerprint density at radius 2 is 1.80 bits per heavy atom. The van der Waals surface area contributed by atoms with Crippen LogP contribution in [-0.4, -0.2) is 39.4 Å². The van der Waals surface area contributed by atoms with Gasteiger partial charge in [0.25, 0.3) is 0 Å². The van der Waals surface area contributed by atoms with Gasteiger partial charge in [-0.15, -0.1) is 0 Å². The monoisotopic (exact) mass is 296 g/mol. The molecule has 1 N–H and O–H groups in total. The van der Waals surface area contributed by atoms with E-state index in [-0.39, 0.29) is 0 Å². The number of nitrogens with zero attached hydrogens (tertiary/aromatic N) is 1. The second-order valence-corrected chi connectivity index (χ2v) is 7.52. The maximum Gasteiger partial charge on any atom is 0.242 e. The Morgan fingerprint density at radius 1 is 1.20 bits per heavy atom. The Morgan fingerprint density at radius 3 is 2.35 bits per heavy atom. The molecule has 1 heterocycles. The van der Waals surface area contributed by atoms with E-state index >= 15 is 0 Å². The van der Waals surface area contributed by atoms with Crippen molar-refractivity contribution in [1.29, 1.82) is 0 Å². The zero-order valence-corrected chi connectivity index (χ0v) is 13.1. The molecule has 1 aromatic rings. The Kier molecular flexibility index (Phi) is 5.18. The van der Waals surface area contributed by atoms with Gasteiger partial charge in [-0.05, 0) is 56.0 Å². The van der Waals surface area contributed by atoms with Crippen molar-refractivity contribution in [3.05, 3.63) is 29.8 Å². The van der Waals surface area contributed by atoms with Crippen molar-refractivity contribution in [3.8, 4) is 0 Å². The zero-order valence-electron chi connectivity index (χ0n) is 12.3. The summed E-state index contributed by atoms with van der Waals surface area (Å²) in [6.07, 6.45) is 3.02.